The van der Waals surface area contributed by atoms with Gasteiger partial charge in [-0.2, -0.15) is 0 Å². The Morgan fingerprint density at radius 2 is 1.84 bits per heavy atom. The van der Waals surface area contributed by atoms with Crippen molar-refractivity contribution in [2.24, 2.45) is 0 Å². The van der Waals surface area contributed by atoms with Crippen molar-refractivity contribution in [2.45, 2.75) is 26.3 Å². The molecular weight excluding hydrogens is 362 g/mol. The first-order valence-corrected chi connectivity index (χ1v) is 8.93. The van der Waals surface area contributed by atoms with Gasteiger partial charge in [-0.05, 0) is 50.2 Å². The maximum atomic E-state index is 12.7. The Balaban J connectivity index is 2.18. The maximum absolute atomic E-state index is 12.7. The van der Waals surface area contributed by atoms with Gasteiger partial charge in [-0.3, -0.25) is 14.4 Å². The minimum absolute atomic E-state index is 0.211. The van der Waals surface area contributed by atoms with Gasteiger partial charge in [-0.1, -0.05) is 11.6 Å². The number of halogens is 1. The highest BCUT2D eigenvalue weighted by Crippen LogP contribution is 2.18. The normalized spacial score (nSPS) is 11.6. The zero-order valence-corrected chi connectivity index (χ0v) is 15.4. The second kappa shape index (κ2) is 8.78. The molecule has 0 radical (unpaired) electrons. The Morgan fingerprint density at radius 1 is 1.16 bits per heavy atom. The summed E-state index contributed by atoms with van der Waals surface area (Å²) in [5.74, 6) is -1.30. The van der Waals surface area contributed by atoms with Crippen molar-refractivity contribution in [1.29, 1.82) is 0 Å². The monoisotopic (exact) mass is 379 g/mol. The minimum Gasteiger partial charge on any atom is -0.466 e. The van der Waals surface area contributed by atoms with Crippen LogP contribution in [0.3, 0.4) is 0 Å². The lowest BCUT2D eigenvalue weighted by molar-refractivity contribution is -0.143. The van der Waals surface area contributed by atoms with E-state index in [-0.39, 0.29) is 18.8 Å². The molecule has 0 saturated carbocycles. The van der Waals surface area contributed by atoms with E-state index in [9.17, 15) is 14.4 Å². The van der Waals surface area contributed by atoms with Crippen LogP contribution in [0, 0.1) is 6.92 Å². The number of hydrogen-bond donors (Lipinski definition) is 1. The van der Waals surface area contributed by atoms with Gasteiger partial charge in [0.1, 0.15) is 6.04 Å². The Kier molecular flexibility index (Phi) is 6.73. The third-order valence-corrected chi connectivity index (χ3v) is 4.65. The molecular formula is C18H18ClNO4S. The van der Waals surface area contributed by atoms with E-state index in [1.165, 1.54) is 11.3 Å². The SMILES string of the molecule is CCOC(=O)CC(NC(=O)c1ccc(Cl)cc1)C(=O)c1ccc(C)s1. The third-order valence-electron chi connectivity index (χ3n) is 3.39. The molecule has 1 aromatic carbocycles. The first-order chi connectivity index (χ1) is 11.9. The summed E-state index contributed by atoms with van der Waals surface area (Å²) >= 11 is 7.13. The molecule has 2 aromatic rings. The molecule has 1 N–H and O–H groups in total. The van der Waals surface area contributed by atoms with Crippen LogP contribution in [0.25, 0.3) is 0 Å². The zero-order valence-electron chi connectivity index (χ0n) is 13.9. The number of ether oxygens (including phenoxy) is 1. The largest absolute Gasteiger partial charge is 0.466 e. The fourth-order valence-corrected chi connectivity index (χ4v) is 3.17. The summed E-state index contributed by atoms with van der Waals surface area (Å²) in [7, 11) is 0. The summed E-state index contributed by atoms with van der Waals surface area (Å²) in [6.07, 6.45) is -0.219. The molecule has 0 aliphatic heterocycles. The van der Waals surface area contributed by atoms with E-state index in [0.717, 1.165) is 4.88 Å². The number of ketones is 1. The highest BCUT2D eigenvalue weighted by molar-refractivity contribution is 7.14. The molecule has 1 aromatic heterocycles. The van der Waals surface area contributed by atoms with Gasteiger partial charge in [-0.25, -0.2) is 0 Å². The van der Waals surface area contributed by atoms with E-state index in [4.69, 9.17) is 16.3 Å². The maximum Gasteiger partial charge on any atom is 0.308 e. The zero-order chi connectivity index (χ0) is 18.4. The fourth-order valence-electron chi connectivity index (χ4n) is 2.18. The predicted octanol–water partition coefficient (Wildman–Crippen LogP) is 3.64. The van der Waals surface area contributed by atoms with E-state index < -0.39 is 17.9 Å². The Morgan fingerprint density at radius 3 is 2.40 bits per heavy atom. The number of amides is 1. The van der Waals surface area contributed by atoms with Crippen molar-refractivity contribution in [3.8, 4) is 0 Å². The van der Waals surface area contributed by atoms with Crippen LogP contribution in [0.5, 0.6) is 0 Å². The van der Waals surface area contributed by atoms with Gasteiger partial charge in [0.25, 0.3) is 5.91 Å². The topological polar surface area (TPSA) is 72.5 Å². The molecule has 1 heterocycles. The number of rotatable bonds is 7. The number of nitrogens with one attached hydrogen (secondary N) is 1. The number of carbonyl (C=O) groups excluding carboxylic acids is 3. The van der Waals surface area contributed by atoms with E-state index in [1.807, 2.05) is 13.0 Å². The molecule has 0 fully saturated rings. The van der Waals surface area contributed by atoms with Crippen LogP contribution in [0.15, 0.2) is 36.4 Å². The van der Waals surface area contributed by atoms with Gasteiger partial charge >= 0.3 is 5.97 Å². The summed E-state index contributed by atoms with van der Waals surface area (Å²) in [5.41, 5.74) is 0.355. The number of esters is 1. The quantitative estimate of drug-likeness (QED) is 0.588. The van der Waals surface area contributed by atoms with E-state index in [0.29, 0.717) is 15.5 Å². The lowest BCUT2D eigenvalue weighted by atomic mass is 10.1. The van der Waals surface area contributed by atoms with Crippen LogP contribution >= 0.6 is 22.9 Å². The molecule has 1 unspecified atom stereocenters. The fraction of sp³-hybridized carbons (Fsp3) is 0.278. The summed E-state index contributed by atoms with van der Waals surface area (Å²) < 4.78 is 4.91. The molecule has 25 heavy (non-hydrogen) atoms. The molecule has 0 saturated heterocycles. The number of carbonyl (C=O) groups is 3. The molecule has 0 bridgehead atoms. The van der Waals surface area contributed by atoms with Gasteiger partial charge in [0.2, 0.25) is 0 Å². The molecule has 0 aliphatic rings. The van der Waals surface area contributed by atoms with Crippen molar-refractivity contribution >= 4 is 40.6 Å². The van der Waals surface area contributed by atoms with Crippen molar-refractivity contribution in [2.75, 3.05) is 6.61 Å². The first kappa shape index (κ1) is 19.1. The Bertz CT molecular complexity index is 770. The van der Waals surface area contributed by atoms with E-state index in [2.05, 4.69) is 5.32 Å². The summed E-state index contributed by atoms with van der Waals surface area (Å²) in [4.78, 5) is 38.4. The van der Waals surface area contributed by atoms with Crippen LogP contribution in [0.4, 0.5) is 0 Å². The number of aryl methyl sites for hydroxylation is 1. The summed E-state index contributed by atoms with van der Waals surface area (Å²) in [6.45, 7) is 3.78. The number of Topliss-reactive ketones (excluding diaryl/α,β-unsaturated/α-hetero) is 1. The summed E-state index contributed by atoms with van der Waals surface area (Å²) in [6, 6.07) is 8.80. The van der Waals surface area contributed by atoms with Crippen LogP contribution in [0.1, 0.15) is 38.3 Å². The molecule has 1 atom stereocenters. The van der Waals surface area contributed by atoms with Gasteiger partial charge in [-0.15, -0.1) is 11.3 Å². The number of hydrogen-bond acceptors (Lipinski definition) is 5. The minimum atomic E-state index is -0.986. The smallest absolute Gasteiger partial charge is 0.308 e. The predicted molar refractivity (Wildman–Crippen MR) is 97.3 cm³/mol. The molecule has 132 valence electrons. The standard InChI is InChI=1S/C18H18ClNO4S/c1-3-24-16(21)10-14(17(22)15-9-4-11(2)25-15)20-18(23)12-5-7-13(19)8-6-12/h4-9,14H,3,10H2,1-2H3,(H,20,23). The molecule has 7 heteroatoms. The van der Waals surface area contributed by atoms with Crippen LogP contribution < -0.4 is 5.32 Å². The molecule has 5 nitrogen and oxygen atoms in total. The van der Waals surface area contributed by atoms with Gasteiger partial charge in [0.15, 0.2) is 5.78 Å². The van der Waals surface area contributed by atoms with Crippen molar-refractivity contribution < 1.29 is 19.1 Å². The second-order valence-corrected chi connectivity index (χ2v) is 7.04. The lowest BCUT2D eigenvalue weighted by Gasteiger charge is -2.16. The average Bonchev–Trinajstić information content (AvgIpc) is 3.00. The third kappa shape index (κ3) is 5.41. The highest BCUT2D eigenvalue weighted by Gasteiger charge is 2.27. The first-order valence-electron chi connectivity index (χ1n) is 7.73. The number of benzene rings is 1. The van der Waals surface area contributed by atoms with Crippen molar-refractivity contribution in [3.63, 3.8) is 0 Å². The van der Waals surface area contributed by atoms with Gasteiger partial charge < -0.3 is 10.1 Å². The van der Waals surface area contributed by atoms with Crippen LogP contribution in [-0.4, -0.2) is 30.3 Å². The van der Waals surface area contributed by atoms with Crippen molar-refractivity contribution in [3.05, 3.63) is 56.7 Å². The highest BCUT2D eigenvalue weighted by atomic mass is 35.5. The second-order valence-electron chi connectivity index (χ2n) is 5.32. The van der Waals surface area contributed by atoms with E-state index >= 15 is 0 Å². The molecule has 0 aliphatic carbocycles. The Hall–Kier alpha value is -2.18. The molecule has 2 rings (SSSR count). The van der Waals surface area contributed by atoms with Crippen LogP contribution in [0.2, 0.25) is 5.02 Å². The molecule has 0 spiro atoms. The van der Waals surface area contributed by atoms with Crippen LogP contribution in [-0.2, 0) is 9.53 Å². The number of thiophene rings is 1. The van der Waals surface area contributed by atoms with Gasteiger partial charge in [0, 0.05) is 15.5 Å². The molecule has 1 amide bonds. The average molecular weight is 380 g/mol. The van der Waals surface area contributed by atoms with E-state index in [1.54, 1.807) is 37.3 Å². The lowest BCUT2D eigenvalue weighted by Crippen LogP contribution is -2.42. The summed E-state index contributed by atoms with van der Waals surface area (Å²) in [5, 5.41) is 3.13. The Labute approximate surface area is 154 Å². The van der Waals surface area contributed by atoms with Gasteiger partial charge in [0.05, 0.1) is 17.9 Å². The van der Waals surface area contributed by atoms with Crippen molar-refractivity contribution in [1.82, 2.24) is 5.32 Å².